The van der Waals surface area contributed by atoms with E-state index in [0.29, 0.717) is 17.9 Å². The number of rotatable bonds is 7. The number of hydrogen-bond donors (Lipinski definition) is 2. The van der Waals surface area contributed by atoms with Crippen LogP contribution >= 0.6 is 0 Å². The largest absolute Gasteiger partial charge is 0.383 e. The van der Waals surface area contributed by atoms with Gasteiger partial charge in [-0.25, -0.2) is 13.2 Å². The molecule has 0 spiro atoms. The molecule has 2 N–H and O–H groups in total. The molecule has 0 bridgehead atoms. The lowest BCUT2D eigenvalue weighted by Gasteiger charge is -2.14. The lowest BCUT2D eigenvalue weighted by Crippen LogP contribution is -2.38. The topological polar surface area (TPSA) is 84.5 Å². The molecule has 1 aromatic carbocycles. The Kier molecular flexibility index (Phi) is 6.83. The van der Waals surface area contributed by atoms with E-state index < -0.39 is 15.1 Å². The van der Waals surface area contributed by atoms with Crippen LogP contribution in [0.1, 0.15) is 26.3 Å². The number of ether oxygens (including phenoxy) is 1. The Bertz CT molecular complexity index is 582. The minimum absolute atomic E-state index is 0.00200. The van der Waals surface area contributed by atoms with Gasteiger partial charge in [0.2, 0.25) is 0 Å². The van der Waals surface area contributed by atoms with Crippen molar-refractivity contribution < 1.29 is 17.9 Å². The highest BCUT2D eigenvalue weighted by Gasteiger charge is 2.16. The molecular weight excluding hydrogens is 304 g/mol. The molecule has 124 valence electrons. The molecule has 22 heavy (non-hydrogen) atoms. The Morgan fingerprint density at radius 2 is 1.77 bits per heavy atom. The summed E-state index contributed by atoms with van der Waals surface area (Å²) in [4.78, 5) is 11.7. The van der Waals surface area contributed by atoms with Crippen LogP contribution < -0.4 is 10.6 Å². The van der Waals surface area contributed by atoms with Crippen molar-refractivity contribution in [2.75, 3.05) is 19.0 Å². The third-order valence-electron chi connectivity index (χ3n) is 3.09. The fourth-order valence-electron chi connectivity index (χ4n) is 1.77. The van der Waals surface area contributed by atoms with Crippen molar-refractivity contribution in [1.29, 1.82) is 0 Å². The van der Waals surface area contributed by atoms with Crippen LogP contribution in [0.3, 0.4) is 0 Å². The zero-order chi connectivity index (χ0) is 16.8. The summed E-state index contributed by atoms with van der Waals surface area (Å²) in [6.07, 6.45) is 0. The molecule has 1 unspecified atom stereocenters. The molecule has 0 heterocycles. The first-order valence-electron chi connectivity index (χ1n) is 7.11. The summed E-state index contributed by atoms with van der Waals surface area (Å²) in [5.74, 6) is 0.00200. The van der Waals surface area contributed by atoms with E-state index in [1.165, 1.54) is 0 Å². The molecule has 0 saturated heterocycles. The summed E-state index contributed by atoms with van der Waals surface area (Å²) in [6.45, 7) is 5.59. The van der Waals surface area contributed by atoms with Gasteiger partial charge in [-0.1, -0.05) is 12.1 Å². The van der Waals surface area contributed by atoms with E-state index in [9.17, 15) is 13.2 Å². The minimum atomic E-state index is -3.12. The lowest BCUT2D eigenvalue weighted by atomic mass is 10.2. The average Bonchev–Trinajstić information content (AvgIpc) is 2.40. The van der Waals surface area contributed by atoms with Crippen LogP contribution in [-0.4, -0.2) is 39.5 Å². The van der Waals surface area contributed by atoms with Crippen molar-refractivity contribution >= 4 is 21.6 Å². The number of anilines is 1. The summed E-state index contributed by atoms with van der Waals surface area (Å²) < 4.78 is 28.6. The second-order valence-corrected chi connectivity index (χ2v) is 8.06. The van der Waals surface area contributed by atoms with Crippen molar-refractivity contribution in [3.63, 3.8) is 0 Å². The maximum absolute atomic E-state index is 11.9. The van der Waals surface area contributed by atoms with Crippen LogP contribution in [0.4, 0.5) is 10.5 Å². The molecule has 0 saturated carbocycles. The molecular formula is C15H24N2O4S. The second-order valence-electron chi connectivity index (χ2n) is 5.51. The highest BCUT2D eigenvalue weighted by Crippen LogP contribution is 2.14. The third kappa shape index (κ3) is 6.03. The van der Waals surface area contributed by atoms with Gasteiger partial charge in [-0.15, -0.1) is 0 Å². The molecule has 0 aliphatic rings. The van der Waals surface area contributed by atoms with E-state index in [1.807, 2.05) is 6.92 Å². The van der Waals surface area contributed by atoms with Gasteiger partial charge in [0, 0.05) is 12.8 Å². The number of urea groups is 1. The van der Waals surface area contributed by atoms with Gasteiger partial charge in [0.1, 0.15) is 0 Å². The van der Waals surface area contributed by atoms with Gasteiger partial charge in [0.05, 0.1) is 23.7 Å². The first kappa shape index (κ1) is 18.4. The van der Waals surface area contributed by atoms with E-state index in [0.717, 1.165) is 0 Å². The standard InChI is InChI=1S/C15H24N2O4S/c1-11(2)22(19,20)10-13-5-7-14(8-6-13)17-15(18)16-12(3)9-21-4/h5-8,11-12H,9-10H2,1-4H3,(H2,16,17,18). The zero-order valence-electron chi connectivity index (χ0n) is 13.4. The number of benzene rings is 1. The predicted molar refractivity (Wildman–Crippen MR) is 87.7 cm³/mol. The number of methoxy groups -OCH3 is 1. The van der Waals surface area contributed by atoms with E-state index in [2.05, 4.69) is 10.6 Å². The second kappa shape index (κ2) is 8.14. The molecule has 0 radical (unpaired) electrons. The lowest BCUT2D eigenvalue weighted by molar-refractivity contribution is 0.173. The fraction of sp³-hybridized carbons (Fsp3) is 0.533. The average molecular weight is 328 g/mol. The summed E-state index contributed by atoms with van der Waals surface area (Å²) in [5, 5.41) is 5.01. The smallest absolute Gasteiger partial charge is 0.319 e. The maximum atomic E-state index is 11.9. The molecule has 6 nitrogen and oxygen atoms in total. The van der Waals surface area contributed by atoms with Gasteiger partial charge in [-0.05, 0) is 38.5 Å². The monoisotopic (exact) mass is 328 g/mol. The number of hydrogen-bond acceptors (Lipinski definition) is 4. The molecule has 2 amide bonds. The van der Waals surface area contributed by atoms with Gasteiger partial charge in [0.25, 0.3) is 0 Å². The first-order chi connectivity index (χ1) is 10.2. The van der Waals surface area contributed by atoms with Crippen molar-refractivity contribution in [3.05, 3.63) is 29.8 Å². The zero-order valence-corrected chi connectivity index (χ0v) is 14.2. The summed E-state index contributed by atoms with van der Waals surface area (Å²) in [5.41, 5.74) is 1.31. The highest BCUT2D eigenvalue weighted by atomic mass is 32.2. The van der Waals surface area contributed by atoms with Gasteiger partial charge < -0.3 is 15.4 Å². The number of nitrogens with one attached hydrogen (secondary N) is 2. The molecule has 7 heteroatoms. The van der Waals surface area contributed by atoms with Gasteiger partial charge >= 0.3 is 6.03 Å². The van der Waals surface area contributed by atoms with Crippen LogP contribution in [0.5, 0.6) is 0 Å². The Morgan fingerprint density at radius 1 is 1.18 bits per heavy atom. The summed E-state index contributed by atoms with van der Waals surface area (Å²) in [7, 11) is -1.55. The van der Waals surface area contributed by atoms with Crippen LogP contribution in [0.2, 0.25) is 0 Å². The molecule has 0 fully saturated rings. The summed E-state index contributed by atoms with van der Waals surface area (Å²) in [6, 6.07) is 6.35. The number of carbonyl (C=O) groups excluding carboxylic acids is 1. The quantitative estimate of drug-likeness (QED) is 0.803. The summed E-state index contributed by atoms with van der Waals surface area (Å²) >= 11 is 0. The van der Waals surface area contributed by atoms with Gasteiger partial charge in [-0.3, -0.25) is 0 Å². The molecule has 0 aliphatic heterocycles. The normalized spacial score (nSPS) is 13.0. The van der Waals surface area contributed by atoms with E-state index in [1.54, 1.807) is 45.2 Å². The van der Waals surface area contributed by atoms with Crippen molar-refractivity contribution in [2.45, 2.75) is 37.8 Å². The Hall–Kier alpha value is -1.60. The van der Waals surface area contributed by atoms with Gasteiger partial charge in [-0.2, -0.15) is 0 Å². The minimum Gasteiger partial charge on any atom is -0.383 e. The van der Waals surface area contributed by atoms with E-state index in [-0.39, 0.29) is 17.8 Å². The van der Waals surface area contributed by atoms with Crippen LogP contribution in [0, 0.1) is 0 Å². The van der Waals surface area contributed by atoms with Crippen LogP contribution in [0.25, 0.3) is 0 Å². The fourth-order valence-corrected chi connectivity index (χ4v) is 2.76. The molecule has 1 atom stereocenters. The van der Waals surface area contributed by atoms with Crippen LogP contribution in [0.15, 0.2) is 24.3 Å². The number of carbonyl (C=O) groups is 1. The molecule has 1 aromatic rings. The van der Waals surface area contributed by atoms with E-state index in [4.69, 9.17) is 4.74 Å². The predicted octanol–water partition coefficient (Wildman–Crippen LogP) is 2.17. The number of sulfone groups is 1. The number of amides is 2. The first-order valence-corrected chi connectivity index (χ1v) is 8.83. The van der Waals surface area contributed by atoms with Crippen molar-refractivity contribution in [2.24, 2.45) is 0 Å². The third-order valence-corrected chi connectivity index (χ3v) is 5.26. The molecule has 1 rings (SSSR count). The Morgan fingerprint density at radius 3 is 2.27 bits per heavy atom. The van der Waals surface area contributed by atoms with Crippen molar-refractivity contribution in [3.8, 4) is 0 Å². The highest BCUT2D eigenvalue weighted by molar-refractivity contribution is 7.91. The Labute approximate surface area is 132 Å². The van der Waals surface area contributed by atoms with Crippen LogP contribution in [-0.2, 0) is 20.3 Å². The SMILES string of the molecule is COCC(C)NC(=O)Nc1ccc(CS(=O)(=O)C(C)C)cc1. The maximum Gasteiger partial charge on any atom is 0.319 e. The molecule has 0 aromatic heterocycles. The Balaban J connectivity index is 2.60. The molecule has 0 aliphatic carbocycles. The van der Waals surface area contributed by atoms with E-state index >= 15 is 0 Å². The van der Waals surface area contributed by atoms with Crippen molar-refractivity contribution in [1.82, 2.24) is 5.32 Å². The van der Waals surface area contributed by atoms with Gasteiger partial charge in [0.15, 0.2) is 9.84 Å².